The van der Waals surface area contributed by atoms with Gasteiger partial charge in [-0.05, 0) is 82.8 Å². The minimum Gasteiger partial charge on any atom is -0.309 e. The predicted molar refractivity (Wildman–Crippen MR) is 248 cm³/mol. The molecule has 10 aromatic rings. The summed E-state index contributed by atoms with van der Waals surface area (Å²) in [7, 11) is -3.21. The standard InChI is InChI=1S/C54H35N4OP/c1-34-49-45-19-10-11-20-47(45)57-53(37-23-21-36(33-55)22-24-37)51(49)35(2)50-46-30-27-40(32-48(46)58-54(52(34)50)38-25-28-41(56-3)29-26-38)39-13-12-18-44(31-39)60(59,42-14-6-4-7-15-42)43-16-8-5-9-17-43/h4-32H,1-2H3. The molecule has 6 heteroatoms. The maximum Gasteiger partial charge on any atom is 0.187 e. The highest BCUT2D eigenvalue weighted by Crippen LogP contribution is 2.47. The largest absolute Gasteiger partial charge is 0.309 e. The van der Waals surface area contributed by atoms with E-state index in [2.05, 4.69) is 73.3 Å². The summed E-state index contributed by atoms with van der Waals surface area (Å²) in [6.07, 6.45) is 0. The van der Waals surface area contributed by atoms with Crippen molar-refractivity contribution in [3.63, 3.8) is 0 Å². The summed E-state index contributed by atoms with van der Waals surface area (Å²) < 4.78 is 15.4. The van der Waals surface area contributed by atoms with Gasteiger partial charge >= 0.3 is 0 Å². The summed E-state index contributed by atoms with van der Waals surface area (Å²) in [6, 6.07) is 59.9. The molecule has 0 amide bonds. The summed E-state index contributed by atoms with van der Waals surface area (Å²) in [5.41, 5.74) is 10.5. The first-order valence-electron chi connectivity index (χ1n) is 19.8. The number of pyridine rings is 2. The molecule has 0 radical (unpaired) electrons. The van der Waals surface area contributed by atoms with Crippen molar-refractivity contribution >= 4 is 72.1 Å². The van der Waals surface area contributed by atoms with Crippen LogP contribution in [0.1, 0.15) is 16.7 Å². The van der Waals surface area contributed by atoms with Gasteiger partial charge < -0.3 is 4.57 Å². The number of benzene rings is 8. The molecular formula is C54H35N4OP. The van der Waals surface area contributed by atoms with Crippen molar-refractivity contribution in [2.45, 2.75) is 13.8 Å². The van der Waals surface area contributed by atoms with Crippen LogP contribution >= 0.6 is 7.14 Å². The number of hydrogen-bond acceptors (Lipinski definition) is 4. The van der Waals surface area contributed by atoms with Crippen molar-refractivity contribution < 1.29 is 4.57 Å². The van der Waals surface area contributed by atoms with Gasteiger partial charge in [0, 0.05) is 43.0 Å². The Morgan fingerprint density at radius 3 is 1.60 bits per heavy atom. The molecule has 0 fully saturated rings. The van der Waals surface area contributed by atoms with E-state index in [0.29, 0.717) is 11.3 Å². The molecule has 0 bridgehead atoms. The van der Waals surface area contributed by atoms with E-state index >= 15 is 4.57 Å². The molecule has 0 aliphatic carbocycles. The number of nitrogens with zero attached hydrogens (tertiary/aromatic N) is 4. The van der Waals surface area contributed by atoms with Gasteiger partial charge in [-0.15, -0.1) is 0 Å². The summed E-state index contributed by atoms with van der Waals surface area (Å²) in [4.78, 5) is 14.5. The highest BCUT2D eigenvalue weighted by atomic mass is 31.2. The number of fused-ring (bicyclic) bond motifs is 6. The van der Waals surface area contributed by atoms with Crippen LogP contribution in [0.3, 0.4) is 0 Å². The van der Waals surface area contributed by atoms with Crippen LogP contribution in [-0.2, 0) is 4.57 Å². The molecule has 0 aliphatic heterocycles. The van der Waals surface area contributed by atoms with Crippen LogP contribution in [0, 0.1) is 31.8 Å². The third kappa shape index (κ3) is 5.87. The van der Waals surface area contributed by atoms with E-state index in [4.69, 9.17) is 16.5 Å². The van der Waals surface area contributed by atoms with Crippen molar-refractivity contribution in [2.75, 3.05) is 0 Å². The Morgan fingerprint density at radius 1 is 0.500 bits per heavy atom. The van der Waals surface area contributed by atoms with Crippen LogP contribution in [0.25, 0.3) is 81.8 Å². The number of para-hydroxylation sites is 1. The van der Waals surface area contributed by atoms with Crippen LogP contribution in [0.2, 0.25) is 0 Å². The minimum atomic E-state index is -3.21. The highest BCUT2D eigenvalue weighted by Gasteiger charge is 2.30. The topological polar surface area (TPSA) is 71.0 Å². The van der Waals surface area contributed by atoms with E-state index in [0.717, 1.165) is 104 Å². The van der Waals surface area contributed by atoms with E-state index in [1.165, 1.54) is 0 Å². The van der Waals surface area contributed by atoms with Crippen molar-refractivity contribution in [3.05, 3.63) is 204 Å². The van der Waals surface area contributed by atoms with Gasteiger partial charge in [0.05, 0.1) is 40.6 Å². The smallest absolute Gasteiger partial charge is 0.187 e. The Labute approximate surface area is 348 Å². The Kier molecular flexibility index (Phi) is 8.92. The maximum atomic E-state index is 15.4. The van der Waals surface area contributed by atoms with Crippen LogP contribution in [0.15, 0.2) is 176 Å². The molecule has 0 spiro atoms. The first kappa shape index (κ1) is 36.6. The molecular weight excluding hydrogens is 752 g/mol. The number of nitriles is 1. The SMILES string of the molecule is [C-]#[N+]c1ccc(-c2nc3cc(-c4cccc(P(=O)(c5ccccc5)c5ccccc5)c4)ccc3c3c(C)c4c(-c5ccc(C#N)cc5)nc5ccccc5c4c(C)c23)cc1. The second kappa shape index (κ2) is 14.6. The highest BCUT2D eigenvalue weighted by molar-refractivity contribution is 7.85. The molecule has 282 valence electrons. The van der Waals surface area contributed by atoms with Crippen molar-refractivity contribution in [2.24, 2.45) is 0 Å². The number of rotatable bonds is 6. The molecule has 0 aliphatic rings. The molecule has 0 saturated heterocycles. The zero-order chi connectivity index (χ0) is 41.0. The quantitative estimate of drug-likeness (QED) is 0.0728. The molecule has 0 N–H and O–H groups in total. The van der Waals surface area contributed by atoms with Gasteiger partial charge in [0.2, 0.25) is 0 Å². The first-order chi connectivity index (χ1) is 29.4. The fraction of sp³-hybridized carbons (Fsp3) is 0.0370. The molecule has 0 atom stereocenters. The third-order valence-electron chi connectivity index (χ3n) is 11.7. The van der Waals surface area contributed by atoms with Gasteiger partial charge in [-0.3, -0.25) is 0 Å². The molecule has 2 heterocycles. The Morgan fingerprint density at radius 2 is 1.00 bits per heavy atom. The van der Waals surface area contributed by atoms with E-state index < -0.39 is 7.14 Å². The van der Waals surface area contributed by atoms with E-state index in [1.807, 2.05) is 127 Å². The Bertz CT molecular complexity index is 3430. The van der Waals surface area contributed by atoms with Crippen LogP contribution in [0.5, 0.6) is 0 Å². The van der Waals surface area contributed by atoms with Gasteiger partial charge in [-0.2, -0.15) is 5.26 Å². The van der Waals surface area contributed by atoms with Gasteiger partial charge in [0.15, 0.2) is 12.8 Å². The number of hydrogen-bond donors (Lipinski definition) is 0. The predicted octanol–water partition coefficient (Wildman–Crippen LogP) is 12.8. The zero-order valence-electron chi connectivity index (χ0n) is 32.9. The van der Waals surface area contributed by atoms with Crippen LogP contribution in [-0.4, -0.2) is 9.97 Å². The third-order valence-corrected chi connectivity index (χ3v) is 14.8. The Balaban J connectivity index is 1.26. The lowest BCUT2D eigenvalue weighted by Gasteiger charge is -2.21. The van der Waals surface area contributed by atoms with Crippen LogP contribution < -0.4 is 15.9 Å². The molecule has 10 rings (SSSR count). The molecule has 0 saturated carbocycles. The molecule has 60 heavy (non-hydrogen) atoms. The van der Waals surface area contributed by atoms with E-state index in [-0.39, 0.29) is 0 Å². The second-order valence-corrected chi connectivity index (χ2v) is 17.9. The summed E-state index contributed by atoms with van der Waals surface area (Å²) in [5, 5.41) is 18.3. The number of aryl methyl sites for hydroxylation is 2. The van der Waals surface area contributed by atoms with Crippen molar-refractivity contribution in [1.29, 1.82) is 5.26 Å². The molecule has 8 aromatic carbocycles. The fourth-order valence-electron chi connectivity index (χ4n) is 8.83. The molecule has 2 aromatic heterocycles. The summed E-state index contributed by atoms with van der Waals surface area (Å²) in [6.45, 7) is 12.0. The van der Waals surface area contributed by atoms with Gasteiger partial charge in [0.1, 0.15) is 0 Å². The van der Waals surface area contributed by atoms with Crippen molar-refractivity contribution in [3.8, 4) is 39.7 Å². The molecule has 5 nitrogen and oxygen atoms in total. The average Bonchev–Trinajstić information content (AvgIpc) is 3.32. The lowest BCUT2D eigenvalue weighted by molar-refractivity contribution is 0.592. The van der Waals surface area contributed by atoms with E-state index in [9.17, 15) is 5.26 Å². The monoisotopic (exact) mass is 786 g/mol. The number of aromatic nitrogens is 2. The zero-order valence-corrected chi connectivity index (χ0v) is 33.8. The first-order valence-corrected chi connectivity index (χ1v) is 21.5. The van der Waals surface area contributed by atoms with E-state index in [1.54, 1.807) is 0 Å². The fourth-order valence-corrected chi connectivity index (χ4v) is 11.5. The summed E-state index contributed by atoms with van der Waals surface area (Å²) >= 11 is 0. The lowest BCUT2D eigenvalue weighted by atomic mass is 9.85. The second-order valence-electron chi connectivity index (χ2n) is 15.1. The average molecular weight is 787 g/mol. The normalized spacial score (nSPS) is 11.5. The van der Waals surface area contributed by atoms with Crippen molar-refractivity contribution in [1.82, 2.24) is 9.97 Å². The lowest BCUT2D eigenvalue weighted by Crippen LogP contribution is -2.25. The van der Waals surface area contributed by atoms with Crippen LogP contribution in [0.4, 0.5) is 5.69 Å². The maximum absolute atomic E-state index is 15.4. The minimum absolute atomic E-state index is 0.566. The van der Waals surface area contributed by atoms with Gasteiger partial charge in [-0.25, -0.2) is 14.8 Å². The molecule has 0 unspecified atom stereocenters. The summed E-state index contributed by atoms with van der Waals surface area (Å²) in [5.74, 6) is 0. The Hall–Kier alpha value is -7.69. The van der Waals surface area contributed by atoms with Gasteiger partial charge in [0.25, 0.3) is 0 Å². The van der Waals surface area contributed by atoms with Gasteiger partial charge in [-0.1, -0.05) is 146 Å².